The molecule has 1 heterocycles. The molecule has 9 heteroatoms. The molecule has 0 atom stereocenters. The summed E-state index contributed by atoms with van der Waals surface area (Å²) in [6, 6.07) is 16.6. The van der Waals surface area contributed by atoms with Gasteiger partial charge in [0.1, 0.15) is 5.82 Å². The second-order valence-electron chi connectivity index (χ2n) is 5.87. The maximum absolute atomic E-state index is 12.6. The zero-order valence-electron chi connectivity index (χ0n) is 15.3. The van der Waals surface area contributed by atoms with E-state index in [0.717, 1.165) is 0 Å². The van der Waals surface area contributed by atoms with Crippen molar-refractivity contribution in [1.82, 2.24) is 4.98 Å². The molecule has 0 aliphatic carbocycles. The van der Waals surface area contributed by atoms with Crippen molar-refractivity contribution in [3.63, 3.8) is 0 Å². The largest absolute Gasteiger partial charge is 0.465 e. The molecule has 2 aromatic carbocycles. The van der Waals surface area contributed by atoms with Crippen LogP contribution in [0.1, 0.15) is 20.7 Å². The highest BCUT2D eigenvalue weighted by atomic mass is 32.2. The van der Waals surface area contributed by atoms with E-state index in [1.807, 2.05) is 0 Å². The Hall–Kier alpha value is -3.72. The van der Waals surface area contributed by atoms with Gasteiger partial charge in [0.25, 0.3) is 15.9 Å². The number of amides is 1. The van der Waals surface area contributed by atoms with E-state index >= 15 is 0 Å². The quantitative estimate of drug-likeness (QED) is 0.603. The molecule has 0 unspecified atom stereocenters. The third-order valence-corrected chi connectivity index (χ3v) is 5.20. The number of anilines is 2. The van der Waals surface area contributed by atoms with Gasteiger partial charge in [0.15, 0.2) is 0 Å². The van der Waals surface area contributed by atoms with E-state index in [1.165, 1.54) is 49.7 Å². The fraction of sp³-hybridized carbons (Fsp3) is 0.0500. The first-order chi connectivity index (χ1) is 13.9. The van der Waals surface area contributed by atoms with Gasteiger partial charge in [0, 0.05) is 17.4 Å². The maximum Gasteiger partial charge on any atom is 0.337 e. The van der Waals surface area contributed by atoms with Crippen molar-refractivity contribution in [3.05, 3.63) is 84.1 Å². The predicted molar refractivity (Wildman–Crippen MR) is 107 cm³/mol. The number of carbonyl (C=O) groups is 2. The minimum Gasteiger partial charge on any atom is -0.465 e. The third kappa shape index (κ3) is 4.96. The molecule has 0 saturated carbocycles. The van der Waals surface area contributed by atoms with Crippen LogP contribution in [0.25, 0.3) is 0 Å². The second kappa shape index (κ2) is 8.53. The third-order valence-electron chi connectivity index (χ3n) is 3.85. The van der Waals surface area contributed by atoms with Gasteiger partial charge in [0.05, 0.1) is 17.6 Å². The Labute approximate surface area is 167 Å². The van der Waals surface area contributed by atoms with Gasteiger partial charge in [-0.1, -0.05) is 18.2 Å². The van der Waals surface area contributed by atoms with Crippen LogP contribution in [0.15, 0.2) is 77.8 Å². The highest BCUT2D eigenvalue weighted by Crippen LogP contribution is 2.18. The molecular weight excluding hydrogens is 394 g/mol. The van der Waals surface area contributed by atoms with Gasteiger partial charge in [0.2, 0.25) is 0 Å². The number of pyridine rings is 1. The van der Waals surface area contributed by atoms with Crippen LogP contribution in [0.3, 0.4) is 0 Å². The fourth-order valence-electron chi connectivity index (χ4n) is 2.47. The molecular formula is C20H17N3O5S. The number of sulfonamides is 1. The van der Waals surface area contributed by atoms with Crippen molar-refractivity contribution in [2.45, 2.75) is 4.90 Å². The van der Waals surface area contributed by atoms with E-state index in [0.29, 0.717) is 5.69 Å². The lowest BCUT2D eigenvalue weighted by molar-refractivity contribution is 0.0600. The molecule has 0 spiro atoms. The lowest BCUT2D eigenvalue weighted by Crippen LogP contribution is -2.16. The Bertz CT molecular complexity index is 1150. The van der Waals surface area contributed by atoms with E-state index in [2.05, 4.69) is 19.8 Å². The number of nitrogens with zero attached hydrogens (tertiary/aromatic N) is 1. The molecule has 0 aliphatic heterocycles. The van der Waals surface area contributed by atoms with Crippen molar-refractivity contribution >= 4 is 33.4 Å². The highest BCUT2D eigenvalue weighted by Gasteiger charge is 2.17. The highest BCUT2D eigenvalue weighted by molar-refractivity contribution is 7.92. The van der Waals surface area contributed by atoms with Gasteiger partial charge in [-0.15, -0.1) is 0 Å². The molecule has 0 radical (unpaired) electrons. The van der Waals surface area contributed by atoms with Crippen LogP contribution in [-0.4, -0.2) is 32.4 Å². The molecule has 2 N–H and O–H groups in total. The molecule has 0 aliphatic rings. The molecule has 1 aromatic heterocycles. The zero-order chi connectivity index (χ0) is 20.9. The Morgan fingerprint density at radius 3 is 2.41 bits per heavy atom. The summed E-state index contributed by atoms with van der Waals surface area (Å²) in [5.41, 5.74) is 0.788. The van der Waals surface area contributed by atoms with Crippen LogP contribution in [0, 0.1) is 0 Å². The van der Waals surface area contributed by atoms with Crippen molar-refractivity contribution < 1.29 is 22.7 Å². The number of rotatable bonds is 6. The topological polar surface area (TPSA) is 114 Å². The molecule has 0 fully saturated rings. The Morgan fingerprint density at radius 2 is 1.69 bits per heavy atom. The Balaban J connectivity index is 1.80. The number of aromatic nitrogens is 1. The molecule has 148 valence electrons. The SMILES string of the molecule is COC(=O)c1cccc(NC(=O)c2cccc(S(=O)(=O)Nc3ccccn3)c2)c1. The number of esters is 1. The van der Waals surface area contributed by atoms with Crippen LogP contribution in [-0.2, 0) is 14.8 Å². The van der Waals surface area contributed by atoms with Gasteiger partial charge in [-0.2, -0.15) is 0 Å². The van der Waals surface area contributed by atoms with Crippen molar-refractivity contribution in [2.75, 3.05) is 17.1 Å². The van der Waals surface area contributed by atoms with E-state index in [4.69, 9.17) is 0 Å². The normalized spacial score (nSPS) is 10.8. The molecule has 3 aromatic rings. The summed E-state index contributed by atoms with van der Waals surface area (Å²) in [5.74, 6) is -0.890. The van der Waals surface area contributed by atoms with Crippen LogP contribution < -0.4 is 10.0 Å². The predicted octanol–water partition coefficient (Wildman–Crippen LogP) is 2.92. The van der Waals surface area contributed by atoms with Gasteiger partial charge in [-0.3, -0.25) is 9.52 Å². The number of ether oxygens (including phenoxy) is 1. The molecule has 0 bridgehead atoms. The monoisotopic (exact) mass is 411 g/mol. The van der Waals surface area contributed by atoms with Crippen LogP contribution >= 0.6 is 0 Å². The lowest BCUT2D eigenvalue weighted by atomic mass is 10.1. The van der Waals surface area contributed by atoms with E-state index < -0.39 is 21.9 Å². The molecule has 3 rings (SSSR count). The Kier molecular flexibility index (Phi) is 5.89. The minimum absolute atomic E-state index is 0.0842. The average molecular weight is 411 g/mol. The number of nitrogens with one attached hydrogen (secondary N) is 2. The van der Waals surface area contributed by atoms with Gasteiger partial charge >= 0.3 is 5.97 Å². The molecule has 8 nitrogen and oxygen atoms in total. The van der Waals surface area contributed by atoms with Crippen molar-refractivity contribution in [1.29, 1.82) is 0 Å². The van der Waals surface area contributed by atoms with Gasteiger partial charge in [-0.25, -0.2) is 18.2 Å². The van der Waals surface area contributed by atoms with E-state index in [1.54, 1.807) is 30.3 Å². The number of benzene rings is 2. The Morgan fingerprint density at radius 1 is 0.931 bits per heavy atom. The molecule has 0 saturated heterocycles. The molecule has 29 heavy (non-hydrogen) atoms. The summed E-state index contributed by atoms with van der Waals surface area (Å²) in [7, 11) is -2.65. The first kappa shape index (κ1) is 20.0. The average Bonchev–Trinajstić information content (AvgIpc) is 2.74. The maximum atomic E-state index is 12.6. The first-order valence-corrected chi connectivity index (χ1v) is 9.91. The summed E-state index contributed by atoms with van der Waals surface area (Å²) < 4.78 is 32.1. The lowest BCUT2D eigenvalue weighted by Gasteiger charge is -2.10. The number of hydrogen-bond donors (Lipinski definition) is 2. The minimum atomic E-state index is -3.92. The van der Waals surface area contributed by atoms with Crippen molar-refractivity contribution in [2.24, 2.45) is 0 Å². The number of methoxy groups -OCH3 is 1. The van der Waals surface area contributed by atoms with Crippen LogP contribution in [0.4, 0.5) is 11.5 Å². The summed E-state index contributed by atoms with van der Waals surface area (Å²) in [4.78, 5) is 28.0. The summed E-state index contributed by atoms with van der Waals surface area (Å²) in [6.07, 6.45) is 1.46. The second-order valence-corrected chi connectivity index (χ2v) is 7.56. The summed E-state index contributed by atoms with van der Waals surface area (Å²) >= 11 is 0. The smallest absolute Gasteiger partial charge is 0.337 e. The summed E-state index contributed by atoms with van der Waals surface area (Å²) in [5, 5.41) is 2.63. The summed E-state index contributed by atoms with van der Waals surface area (Å²) in [6.45, 7) is 0. The zero-order valence-corrected chi connectivity index (χ0v) is 16.1. The van der Waals surface area contributed by atoms with E-state index in [9.17, 15) is 18.0 Å². The standard InChI is InChI=1S/C20H17N3O5S/c1-28-20(25)15-7-4-8-16(12-15)22-19(24)14-6-5-9-17(13-14)29(26,27)23-18-10-2-3-11-21-18/h2-13H,1H3,(H,21,23)(H,22,24). The van der Waals surface area contributed by atoms with E-state index in [-0.39, 0.29) is 21.8 Å². The molecule has 1 amide bonds. The van der Waals surface area contributed by atoms with Crippen LogP contribution in [0.5, 0.6) is 0 Å². The van der Waals surface area contributed by atoms with Gasteiger partial charge < -0.3 is 10.1 Å². The van der Waals surface area contributed by atoms with Crippen molar-refractivity contribution in [3.8, 4) is 0 Å². The number of hydrogen-bond acceptors (Lipinski definition) is 6. The van der Waals surface area contributed by atoms with Gasteiger partial charge in [-0.05, 0) is 48.5 Å². The van der Waals surface area contributed by atoms with Crippen LogP contribution in [0.2, 0.25) is 0 Å². The number of carbonyl (C=O) groups excluding carboxylic acids is 2. The fourth-order valence-corrected chi connectivity index (χ4v) is 3.52. The first-order valence-electron chi connectivity index (χ1n) is 8.43.